The lowest BCUT2D eigenvalue weighted by Gasteiger charge is -2.29. The number of nitrogens with one attached hydrogen (secondary N) is 1. The van der Waals surface area contributed by atoms with Crippen molar-refractivity contribution in [3.05, 3.63) is 29.8 Å². The smallest absolute Gasteiger partial charge is 0.251 e. The molecule has 2 aliphatic rings. The van der Waals surface area contributed by atoms with Crippen LogP contribution in [0.15, 0.2) is 24.3 Å². The quantitative estimate of drug-likeness (QED) is 0.895. The van der Waals surface area contributed by atoms with Crippen LogP contribution in [-0.2, 0) is 10.0 Å². The fraction of sp³-hybridized carbons (Fsp3) is 0.588. The Morgan fingerprint density at radius 1 is 1.08 bits per heavy atom. The van der Waals surface area contributed by atoms with E-state index < -0.39 is 10.0 Å². The van der Waals surface area contributed by atoms with Gasteiger partial charge in [-0.25, -0.2) is 8.42 Å². The molecule has 1 aromatic carbocycles. The molecule has 7 heteroatoms. The summed E-state index contributed by atoms with van der Waals surface area (Å²) in [5.41, 5.74) is 1.22. The monoisotopic (exact) mass is 351 g/mol. The van der Waals surface area contributed by atoms with Crippen molar-refractivity contribution in [1.29, 1.82) is 0 Å². The largest absolute Gasteiger partial charge is 0.349 e. The lowest BCUT2D eigenvalue weighted by atomic mass is 10.0. The number of likely N-dealkylation sites (tertiary alicyclic amines) is 1. The summed E-state index contributed by atoms with van der Waals surface area (Å²) in [7, 11) is -1.12. The van der Waals surface area contributed by atoms with Crippen molar-refractivity contribution in [3.63, 3.8) is 0 Å². The molecule has 6 nitrogen and oxygen atoms in total. The predicted octanol–water partition coefficient (Wildman–Crippen LogP) is 1.44. The third-order valence-corrected chi connectivity index (χ3v) is 6.69. The van der Waals surface area contributed by atoms with Crippen molar-refractivity contribution in [2.75, 3.05) is 36.7 Å². The Bertz CT molecular complexity index is 680. The summed E-state index contributed by atoms with van der Waals surface area (Å²) < 4.78 is 25.7. The average molecular weight is 351 g/mol. The van der Waals surface area contributed by atoms with E-state index in [1.165, 1.54) is 4.31 Å². The van der Waals surface area contributed by atoms with E-state index in [1.807, 2.05) is 0 Å². The zero-order valence-corrected chi connectivity index (χ0v) is 14.9. The van der Waals surface area contributed by atoms with Gasteiger partial charge in [0.1, 0.15) is 0 Å². The maximum Gasteiger partial charge on any atom is 0.251 e. The second-order valence-corrected chi connectivity index (χ2v) is 8.71. The van der Waals surface area contributed by atoms with Gasteiger partial charge in [0.25, 0.3) is 5.91 Å². The van der Waals surface area contributed by atoms with Gasteiger partial charge in [-0.2, -0.15) is 0 Å². The molecule has 1 N–H and O–H groups in total. The molecule has 0 bridgehead atoms. The first kappa shape index (κ1) is 17.2. The number of amides is 1. The second-order valence-electron chi connectivity index (χ2n) is 6.69. The average Bonchev–Trinajstić information content (AvgIpc) is 2.57. The number of carbonyl (C=O) groups excluding carboxylic acids is 1. The van der Waals surface area contributed by atoms with E-state index in [2.05, 4.69) is 17.3 Å². The van der Waals surface area contributed by atoms with Crippen LogP contribution < -0.4 is 9.62 Å². The summed E-state index contributed by atoms with van der Waals surface area (Å²) in [6.07, 6.45) is 3.52. The minimum atomic E-state index is -3.21. The zero-order chi connectivity index (χ0) is 17.2. The molecule has 2 aliphatic heterocycles. The van der Waals surface area contributed by atoms with Crippen LogP contribution in [0.1, 0.15) is 36.0 Å². The van der Waals surface area contributed by atoms with Crippen LogP contribution in [0.4, 0.5) is 5.69 Å². The van der Waals surface area contributed by atoms with Crippen LogP contribution in [-0.4, -0.2) is 57.7 Å². The van der Waals surface area contributed by atoms with Crippen molar-refractivity contribution in [2.45, 2.75) is 31.7 Å². The van der Waals surface area contributed by atoms with Gasteiger partial charge in [-0.05, 0) is 70.1 Å². The molecule has 24 heavy (non-hydrogen) atoms. The summed E-state index contributed by atoms with van der Waals surface area (Å²) >= 11 is 0. The van der Waals surface area contributed by atoms with E-state index in [9.17, 15) is 13.2 Å². The standard InChI is InChI=1S/C17H25N3O3S/c1-19-11-8-15(9-12-19)18-17(21)14-4-6-16(7-5-14)20-10-2-3-13-24(20,22)23/h4-7,15H,2-3,8-13H2,1H3,(H,18,21). The predicted molar refractivity (Wildman–Crippen MR) is 94.8 cm³/mol. The van der Waals surface area contributed by atoms with Gasteiger partial charge < -0.3 is 10.2 Å². The molecule has 0 radical (unpaired) electrons. The van der Waals surface area contributed by atoms with E-state index in [4.69, 9.17) is 0 Å². The highest BCUT2D eigenvalue weighted by Gasteiger charge is 2.26. The van der Waals surface area contributed by atoms with Crippen molar-refractivity contribution in [1.82, 2.24) is 10.2 Å². The van der Waals surface area contributed by atoms with Gasteiger partial charge in [-0.3, -0.25) is 9.10 Å². The number of hydrogen-bond donors (Lipinski definition) is 1. The maximum atomic E-state index is 12.4. The van der Waals surface area contributed by atoms with E-state index in [1.54, 1.807) is 24.3 Å². The van der Waals surface area contributed by atoms with Crippen LogP contribution in [0.5, 0.6) is 0 Å². The Hall–Kier alpha value is -1.60. The van der Waals surface area contributed by atoms with Crippen molar-refractivity contribution in [3.8, 4) is 0 Å². The Labute approximate surface area is 143 Å². The highest BCUT2D eigenvalue weighted by Crippen LogP contribution is 2.23. The number of piperidine rings is 1. The van der Waals surface area contributed by atoms with Crippen molar-refractivity contribution < 1.29 is 13.2 Å². The van der Waals surface area contributed by atoms with E-state index in [0.717, 1.165) is 38.8 Å². The lowest BCUT2D eigenvalue weighted by molar-refractivity contribution is 0.0917. The normalized spacial score (nSPS) is 22.3. The molecule has 3 rings (SSSR count). The molecular weight excluding hydrogens is 326 g/mol. The molecule has 0 unspecified atom stereocenters. The first-order valence-corrected chi connectivity index (χ1v) is 10.2. The SMILES string of the molecule is CN1CCC(NC(=O)c2ccc(N3CCCCS3(=O)=O)cc2)CC1. The number of benzene rings is 1. The van der Waals surface area contributed by atoms with Gasteiger partial charge in [0.05, 0.1) is 11.4 Å². The number of sulfonamides is 1. The molecule has 1 amide bonds. The molecule has 2 fully saturated rings. The molecule has 0 atom stereocenters. The van der Waals surface area contributed by atoms with Crippen LogP contribution in [0.25, 0.3) is 0 Å². The van der Waals surface area contributed by atoms with Gasteiger partial charge in [0.2, 0.25) is 10.0 Å². The minimum absolute atomic E-state index is 0.0856. The Balaban J connectivity index is 1.64. The van der Waals surface area contributed by atoms with Gasteiger partial charge in [-0.1, -0.05) is 0 Å². The van der Waals surface area contributed by atoms with Crippen molar-refractivity contribution >= 4 is 21.6 Å². The molecule has 0 aromatic heterocycles. The Morgan fingerprint density at radius 3 is 2.38 bits per heavy atom. The number of carbonyl (C=O) groups is 1. The summed E-state index contributed by atoms with van der Waals surface area (Å²) in [4.78, 5) is 14.6. The summed E-state index contributed by atoms with van der Waals surface area (Å²) in [6.45, 7) is 2.51. The van der Waals surface area contributed by atoms with Gasteiger partial charge in [0.15, 0.2) is 0 Å². The zero-order valence-electron chi connectivity index (χ0n) is 14.1. The van der Waals surface area contributed by atoms with Crippen LogP contribution in [0.3, 0.4) is 0 Å². The maximum absolute atomic E-state index is 12.4. The number of anilines is 1. The number of nitrogens with zero attached hydrogens (tertiary/aromatic N) is 2. The topological polar surface area (TPSA) is 69.7 Å². The summed E-state index contributed by atoms with van der Waals surface area (Å²) in [5, 5.41) is 3.07. The molecule has 0 spiro atoms. The van der Waals surface area contributed by atoms with Gasteiger partial charge >= 0.3 is 0 Å². The van der Waals surface area contributed by atoms with E-state index in [0.29, 0.717) is 17.8 Å². The third-order valence-electron chi connectivity index (χ3n) is 4.82. The van der Waals surface area contributed by atoms with E-state index in [-0.39, 0.29) is 17.7 Å². The van der Waals surface area contributed by atoms with Gasteiger partial charge in [-0.15, -0.1) is 0 Å². The van der Waals surface area contributed by atoms with Crippen molar-refractivity contribution in [2.24, 2.45) is 0 Å². The Kier molecular flexibility index (Phi) is 5.10. The highest BCUT2D eigenvalue weighted by atomic mass is 32.2. The molecule has 132 valence electrons. The van der Waals surface area contributed by atoms with Crippen LogP contribution in [0.2, 0.25) is 0 Å². The first-order chi connectivity index (χ1) is 11.5. The lowest BCUT2D eigenvalue weighted by Crippen LogP contribution is -2.43. The summed E-state index contributed by atoms with van der Waals surface area (Å²) in [6, 6.07) is 7.10. The fourth-order valence-corrected chi connectivity index (χ4v) is 4.92. The fourth-order valence-electron chi connectivity index (χ4n) is 3.28. The molecular formula is C17H25N3O3S. The van der Waals surface area contributed by atoms with Gasteiger partial charge in [0, 0.05) is 18.2 Å². The number of rotatable bonds is 3. The van der Waals surface area contributed by atoms with Crippen LogP contribution in [0, 0.1) is 0 Å². The minimum Gasteiger partial charge on any atom is -0.349 e. The van der Waals surface area contributed by atoms with Crippen LogP contribution >= 0.6 is 0 Å². The third kappa shape index (κ3) is 3.89. The number of hydrogen-bond acceptors (Lipinski definition) is 4. The molecule has 0 saturated carbocycles. The van der Waals surface area contributed by atoms with E-state index >= 15 is 0 Å². The molecule has 2 saturated heterocycles. The molecule has 1 aromatic rings. The second kappa shape index (κ2) is 7.11. The Morgan fingerprint density at radius 2 is 1.75 bits per heavy atom. The molecule has 0 aliphatic carbocycles. The molecule has 2 heterocycles. The first-order valence-electron chi connectivity index (χ1n) is 8.55. The summed E-state index contributed by atoms with van der Waals surface area (Å²) in [5.74, 6) is 0.114. The highest BCUT2D eigenvalue weighted by molar-refractivity contribution is 7.92.